The first kappa shape index (κ1) is 30.3. The Labute approximate surface area is 257 Å². The van der Waals surface area contributed by atoms with E-state index in [1.807, 2.05) is 0 Å². The van der Waals surface area contributed by atoms with Gasteiger partial charge in [0.1, 0.15) is 11.6 Å². The van der Waals surface area contributed by atoms with Crippen LogP contribution in [0.25, 0.3) is 11.8 Å². The predicted molar refractivity (Wildman–Crippen MR) is 163 cm³/mol. The number of nitrogen functional groups attached to an aromatic ring is 1. The second-order valence-corrected chi connectivity index (χ2v) is 13.7. The minimum absolute atomic E-state index is 0.00645. The Hall–Kier alpha value is -4.78. The molecule has 1 fully saturated rings. The average molecular weight is 639 g/mol. The highest BCUT2D eigenvalue weighted by Gasteiger charge is 2.43. The van der Waals surface area contributed by atoms with Gasteiger partial charge in [0.15, 0.2) is 23.1 Å². The Morgan fingerprint density at radius 3 is 2.49 bits per heavy atom. The van der Waals surface area contributed by atoms with Gasteiger partial charge in [-0.1, -0.05) is 26.0 Å². The third kappa shape index (κ3) is 5.75. The summed E-state index contributed by atoms with van der Waals surface area (Å²) in [6.45, 7) is 2.27. The number of carbonyl (C=O) groups excluding carboxylic acids is 1. The molecule has 2 aliphatic rings. The molecule has 2 N–H and O–H groups in total. The highest BCUT2D eigenvalue weighted by atomic mass is 32.2. The van der Waals surface area contributed by atoms with Crippen LogP contribution in [0.5, 0.6) is 17.2 Å². The van der Waals surface area contributed by atoms with Gasteiger partial charge in [-0.15, -0.1) is 0 Å². The molecule has 0 amide bonds. The summed E-state index contributed by atoms with van der Waals surface area (Å²) >= 11 is 0. The number of aryl methyl sites for hydroxylation is 1. The number of hydrogen-bond acceptors (Lipinski definition) is 7. The molecule has 0 unspecified atom stereocenters. The van der Waals surface area contributed by atoms with E-state index in [2.05, 4.69) is 5.10 Å². The molecule has 1 aliphatic carbocycles. The van der Waals surface area contributed by atoms with E-state index in [9.17, 15) is 26.4 Å². The molecule has 1 aromatic heterocycles. The van der Waals surface area contributed by atoms with Gasteiger partial charge in [-0.05, 0) is 77.6 Å². The van der Waals surface area contributed by atoms with Crippen molar-refractivity contribution < 1.29 is 35.9 Å². The number of aromatic nitrogens is 2. The first-order valence-corrected chi connectivity index (χ1v) is 15.6. The number of benzene rings is 3. The zero-order chi connectivity index (χ0) is 32.3. The maximum Gasteiger partial charge on any atom is 0.387 e. The molecule has 6 rings (SSSR count). The molecule has 0 spiro atoms. The van der Waals surface area contributed by atoms with Crippen LogP contribution in [0.1, 0.15) is 40.9 Å². The van der Waals surface area contributed by atoms with Crippen molar-refractivity contribution in [2.24, 2.45) is 5.41 Å². The summed E-state index contributed by atoms with van der Waals surface area (Å²) < 4.78 is 79.5. The van der Waals surface area contributed by atoms with Crippen LogP contribution >= 0.6 is 0 Å². The van der Waals surface area contributed by atoms with Crippen molar-refractivity contribution in [1.82, 2.24) is 9.78 Å². The van der Waals surface area contributed by atoms with Gasteiger partial charge in [-0.25, -0.2) is 17.5 Å². The molecule has 1 saturated heterocycles. The first-order valence-electron chi connectivity index (χ1n) is 14.0. The van der Waals surface area contributed by atoms with Gasteiger partial charge in [0.2, 0.25) is 10.0 Å². The molecule has 0 radical (unpaired) electrons. The van der Waals surface area contributed by atoms with Gasteiger partial charge >= 0.3 is 6.61 Å². The molecule has 234 valence electrons. The van der Waals surface area contributed by atoms with Gasteiger partial charge < -0.3 is 15.2 Å². The van der Waals surface area contributed by atoms with Crippen molar-refractivity contribution in [3.8, 4) is 22.9 Å². The fraction of sp³-hybridized carbons (Fsp3) is 0.250. The molecule has 2 heterocycles. The summed E-state index contributed by atoms with van der Waals surface area (Å²) in [6.07, 6.45) is 3.03. The Morgan fingerprint density at radius 1 is 1.07 bits per heavy atom. The van der Waals surface area contributed by atoms with E-state index in [1.165, 1.54) is 35.1 Å². The van der Waals surface area contributed by atoms with Crippen LogP contribution in [0.2, 0.25) is 0 Å². The normalized spacial score (nSPS) is 16.5. The van der Waals surface area contributed by atoms with Crippen molar-refractivity contribution in [2.75, 3.05) is 22.3 Å². The summed E-state index contributed by atoms with van der Waals surface area (Å²) in [4.78, 5) is 13.6. The minimum atomic E-state index is -3.78. The highest BCUT2D eigenvalue weighted by molar-refractivity contribution is 7.93. The number of hydrogen-bond donors (Lipinski definition) is 1. The maximum absolute atomic E-state index is 14.0. The molecule has 0 bridgehead atoms. The van der Waals surface area contributed by atoms with E-state index in [1.54, 1.807) is 57.2 Å². The van der Waals surface area contributed by atoms with Crippen LogP contribution < -0.4 is 19.5 Å². The Balaban J connectivity index is 1.27. The minimum Gasteiger partial charge on any atom is -0.454 e. The monoisotopic (exact) mass is 638 g/mol. The number of nitrogens with two attached hydrogens (primary N) is 1. The lowest BCUT2D eigenvalue weighted by Gasteiger charge is -2.23. The third-order valence-corrected chi connectivity index (χ3v) is 9.84. The van der Waals surface area contributed by atoms with Crippen LogP contribution in [0.15, 0.2) is 66.4 Å². The Bertz CT molecular complexity index is 1990. The molecule has 4 aromatic rings. The number of ketones is 1. The molecule has 45 heavy (non-hydrogen) atoms. The molecule has 1 aliphatic heterocycles. The van der Waals surface area contributed by atoms with Crippen LogP contribution in [0.3, 0.4) is 0 Å². The summed E-state index contributed by atoms with van der Waals surface area (Å²) in [5.74, 6) is -0.793. The fourth-order valence-corrected chi connectivity index (χ4v) is 7.93. The van der Waals surface area contributed by atoms with Gasteiger partial charge in [0.05, 0.1) is 28.9 Å². The van der Waals surface area contributed by atoms with Gasteiger partial charge in [-0.3, -0.25) is 9.10 Å². The predicted octanol–water partition coefficient (Wildman–Crippen LogP) is 6.29. The highest BCUT2D eigenvalue weighted by Crippen LogP contribution is 2.43. The molecule has 0 atom stereocenters. The number of ether oxygens (including phenoxy) is 2. The van der Waals surface area contributed by atoms with Gasteiger partial charge in [-0.2, -0.15) is 13.9 Å². The molecule has 3 aromatic carbocycles. The number of alkyl halides is 2. The van der Waals surface area contributed by atoms with E-state index >= 15 is 0 Å². The van der Waals surface area contributed by atoms with Crippen molar-refractivity contribution >= 4 is 33.4 Å². The second kappa shape index (κ2) is 11.0. The van der Waals surface area contributed by atoms with Crippen LogP contribution in [-0.2, 0) is 16.4 Å². The van der Waals surface area contributed by atoms with Crippen molar-refractivity contribution in [1.29, 1.82) is 0 Å². The number of carbonyl (C=O) groups is 1. The van der Waals surface area contributed by atoms with Crippen molar-refractivity contribution in [3.63, 3.8) is 0 Å². The summed E-state index contributed by atoms with van der Waals surface area (Å²) in [7, 11) is -3.78. The summed E-state index contributed by atoms with van der Waals surface area (Å²) in [6, 6.07) is 13.9. The smallest absolute Gasteiger partial charge is 0.387 e. The zero-order valence-corrected chi connectivity index (χ0v) is 25.4. The van der Waals surface area contributed by atoms with Crippen LogP contribution in [0.4, 0.5) is 24.7 Å². The van der Waals surface area contributed by atoms with E-state index in [0.717, 1.165) is 4.31 Å². The largest absolute Gasteiger partial charge is 0.454 e. The maximum atomic E-state index is 14.0. The van der Waals surface area contributed by atoms with E-state index in [4.69, 9.17) is 15.2 Å². The van der Waals surface area contributed by atoms with Crippen molar-refractivity contribution in [2.45, 2.75) is 33.8 Å². The standard InChI is InChI=1S/C32H29F3N4O5S/c1-18-10-22(43-27-7-5-4-6-24(27)33)8-9-25(18)39-30(36)23(15-37-39)29(40)21-11-19-13-26(28(44-31(34)35)14-20(19)12-21)38-16-32(2,3)17-45(38,41)42/h4-10,12-15,31H,11,16-17,36H2,1-3H3. The number of halogens is 3. The second-order valence-electron chi connectivity index (χ2n) is 11.8. The number of sulfonamides is 1. The number of rotatable bonds is 8. The molecular weight excluding hydrogens is 609 g/mol. The molecule has 0 saturated carbocycles. The number of fused-ring (bicyclic) bond motifs is 1. The Morgan fingerprint density at radius 2 is 1.82 bits per heavy atom. The van der Waals surface area contributed by atoms with Gasteiger partial charge in [0.25, 0.3) is 0 Å². The SMILES string of the molecule is Cc1cc(Oc2ccccc2F)ccc1-n1ncc(C(=O)C2=Cc3cc(OC(F)F)c(N4CC(C)(C)CS4(=O)=O)cc3C2)c1N. The lowest BCUT2D eigenvalue weighted by Crippen LogP contribution is -2.27. The Kier molecular flexibility index (Phi) is 7.39. The number of nitrogens with zero attached hydrogens (tertiary/aromatic N) is 3. The van der Waals surface area contributed by atoms with E-state index < -0.39 is 33.7 Å². The number of anilines is 2. The van der Waals surface area contributed by atoms with Crippen molar-refractivity contribution in [3.05, 3.63) is 94.4 Å². The molecule has 9 nitrogen and oxygen atoms in total. The lowest BCUT2D eigenvalue weighted by molar-refractivity contribution is -0.0494. The van der Waals surface area contributed by atoms with Gasteiger partial charge in [0, 0.05) is 18.5 Å². The lowest BCUT2D eigenvalue weighted by atomic mass is 9.96. The van der Waals surface area contributed by atoms with E-state index in [0.29, 0.717) is 33.7 Å². The molecule has 13 heteroatoms. The molecular formula is C32H29F3N4O5S. The van der Waals surface area contributed by atoms with Crippen LogP contribution in [0, 0.1) is 18.2 Å². The third-order valence-electron chi connectivity index (χ3n) is 7.70. The number of allylic oxidation sites excluding steroid dienone is 1. The zero-order valence-electron chi connectivity index (χ0n) is 24.6. The number of Topliss-reactive ketones (excluding diaryl/α,β-unsaturated/α-hetero) is 1. The summed E-state index contributed by atoms with van der Waals surface area (Å²) in [5.41, 5.74) is 8.58. The summed E-state index contributed by atoms with van der Waals surface area (Å²) in [5, 5.41) is 4.33. The number of para-hydroxylation sites is 1. The average Bonchev–Trinajstić information content (AvgIpc) is 3.60. The quantitative estimate of drug-likeness (QED) is 0.225. The topological polar surface area (TPSA) is 117 Å². The fourth-order valence-electron chi connectivity index (χ4n) is 5.71. The van der Waals surface area contributed by atoms with Crippen LogP contribution in [-0.4, -0.2) is 42.9 Å². The first-order chi connectivity index (χ1) is 21.2. The van der Waals surface area contributed by atoms with E-state index in [-0.39, 0.29) is 47.3 Å².